The molecule has 1 fully saturated rings. The van der Waals surface area contributed by atoms with E-state index < -0.39 is 12.1 Å². The molecule has 19 heavy (non-hydrogen) atoms. The average Bonchev–Trinajstić information content (AvgIpc) is 2.34. The SMILES string of the molecule is CCCC(COC)N1C(=O)C(C(C)C)NC(=O)C1C. The molecule has 0 aromatic rings. The smallest absolute Gasteiger partial charge is 0.246 e. The fraction of sp³-hybridized carbons (Fsp3) is 0.857. The van der Waals surface area contributed by atoms with Crippen LogP contribution in [-0.4, -0.2) is 48.6 Å². The molecule has 0 aromatic heterocycles. The molecular weight excluding hydrogens is 244 g/mol. The van der Waals surface area contributed by atoms with Crippen molar-refractivity contribution in [3.05, 3.63) is 0 Å². The van der Waals surface area contributed by atoms with Gasteiger partial charge in [-0.3, -0.25) is 9.59 Å². The fourth-order valence-corrected chi connectivity index (χ4v) is 2.59. The number of rotatable bonds is 6. The number of ether oxygens (including phenoxy) is 1. The van der Waals surface area contributed by atoms with E-state index in [0.717, 1.165) is 12.8 Å². The molecule has 5 nitrogen and oxygen atoms in total. The Hall–Kier alpha value is -1.10. The second-order valence-electron chi connectivity index (χ2n) is 5.55. The summed E-state index contributed by atoms with van der Waals surface area (Å²) in [6, 6.07) is -0.862. The van der Waals surface area contributed by atoms with Gasteiger partial charge in [0.1, 0.15) is 12.1 Å². The van der Waals surface area contributed by atoms with Crippen molar-refractivity contribution in [1.82, 2.24) is 10.2 Å². The van der Waals surface area contributed by atoms with Gasteiger partial charge in [-0.05, 0) is 19.3 Å². The maximum absolute atomic E-state index is 12.6. The molecular formula is C14H26N2O3. The first-order chi connectivity index (χ1) is 8.93. The van der Waals surface area contributed by atoms with Crippen LogP contribution in [0.15, 0.2) is 0 Å². The van der Waals surface area contributed by atoms with E-state index in [1.165, 1.54) is 0 Å². The van der Waals surface area contributed by atoms with Crippen LogP contribution in [0.25, 0.3) is 0 Å². The van der Waals surface area contributed by atoms with E-state index in [0.29, 0.717) is 6.61 Å². The lowest BCUT2D eigenvalue weighted by Crippen LogP contribution is -2.66. The number of nitrogens with one attached hydrogen (secondary N) is 1. The Morgan fingerprint density at radius 3 is 2.47 bits per heavy atom. The fourth-order valence-electron chi connectivity index (χ4n) is 2.59. The summed E-state index contributed by atoms with van der Waals surface area (Å²) in [5, 5.41) is 2.81. The van der Waals surface area contributed by atoms with Crippen LogP contribution < -0.4 is 5.32 Å². The minimum absolute atomic E-state index is 0.0117. The van der Waals surface area contributed by atoms with Crippen molar-refractivity contribution in [3.63, 3.8) is 0 Å². The number of methoxy groups -OCH3 is 1. The first kappa shape index (κ1) is 16.0. The highest BCUT2D eigenvalue weighted by Gasteiger charge is 2.42. The van der Waals surface area contributed by atoms with Crippen molar-refractivity contribution in [2.24, 2.45) is 5.92 Å². The third-order valence-corrected chi connectivity index (χ3v) is 3.66. The summed E-state index contributed by atoms with van der Waals surface area (Å²) >= 11 is 0. The molecule has 1 saturated heterocycles. The minimum Gasteiger partial charge on any atom is -0.383 e. The number of hydrogen-bond donors (Lipinski definition) is 1. The molecule has 1 aliphatic heterocycles. The largest absolute Gasteiger partial charge is 0.383 e. The van der Waals surface area contributed by atoms with E-state index in [4.69, 9.17) is 4.74 Å². The summed E-state index contributed by atoms with van der Waals surface area (Å²) in [4.78, 5) is 26.3. The van der Waals surface area contributed by atoms with Gasteiger partial charge in [-0.1, -0.05) is 27.2 Å². The van der Waals surface area contributed by atoms with Gasteiger partial charge in [-0.25, -0.2) is 0 Å². The molecule has 1 rings (SSSR count). The van der Waals surface area contributed by atoms with Crippen molar-refractivity contribution in [3.8, 4) is 0 Å². The van der Waals surface area contributed by atoms with Gasteiger partial charge in [0.15, 0.2) is 0 Å². The predicted octanol–water partition coefficient (Wildman–Crippen LogP) is 1.17. The molecule has 0 spiro atoms. The zero-order chi connectivity index (χ0) is 14.6. The van der Waals surface area contributed by atoms with E-state index in [1.54, 1.807) is 18.9 Å². The lowest BCUT2D eigenvalue weighted by atomic mass is 9.96. The van der Waals surface area contributed by atoms with Gasteiger partial charge < -0.3 is 15.0 Å². The number of piperazine rings is 1. The van der Waals surface area contributed by atoms with Crippen molar-refractivity contribution in [1.29, 1.82) is 0 Å². The lowest BCUT2D eigenvalue weighted by molar-refractivity contribution is -0.154. The number of amides is 2. The Balaban J connectivity index is 2.97. The minimum atomic E-state index is -0.422. The summed E-state index contributed by atoms with van der Waals surface area (Å²) in [5.74, 6) is 0.0318. The van der Waals surface area contributed by atoms with Gasteiger partial charge >= 0.3 is 0 Å². The molecule has 1 N–H and O–H groups in total. The normalized spacial score (nSPS) is 25.7. The van der Waals surface area contributed by atoms with Crippen LogP contribution in [0, 0.1) is 5.92 Å². The summed E-state index contributed by atoms with van der Waals surface area (Å²) in [5.41, 5.74) is 0. The van der Waals surface area contributed by atoms with Crippen LogP contribution in [0.5, 0.6) is 0 Å². The Morgan fingerprint density at radius 1 is 1.37 bits per heavy atom. The second kappa shape index (κ2) is 6.89. The van der Waals surface area contributed by atoms with Crippen LogP contribution in [0.2, 0.25) is 0 Å². The van der Waals surface area contributed by atoms with E-state index in [-0.39, 0.29) is 23.8 Å². The number of carbonyl (C=O) groups excluding carboxylic acids is 2. The summed E-state index contributed by atoms with van der Waals surface area (Å²) in [6.07, 6.45) is 1.81. The molecule has 0 radical (unpaired) electrons. The highest BCUT2D eigenvalue weighted by molar-refractivity contribution is 5.97. The zero-order valence-corrected chi connectivity index (χ0v) is 12.6. The topological polar surface area (TPSA) is 58.6 Å². The van der Waals surface area contributed by atoms with Crippen molar-refractivity contribution in [2.45, 2.75) is 58.7 Å². The maximum Gasteiger partial charge on any atom is 0.246 e. The number of nitrogens with zero attached hydrogens (tertiary/aromatic N) is 1. The molecule has 1 heterocycles. The molecule has 3 atom stereocenters. The van der Waals surface area contributed by atoms with Gasteiger partial charge in [0.05, 0.1) is 12.6 Å². The second-order valence-corrected chi connectivity index (χ2v) is 5.55. The predicted molar refractivity (Wildman–Crippen MR) is 73.6 cm³/mol. The Bertz CT molecular complexity index is 325. The van der Waals surface area contributed by atoms with Gasteiger partial charge in [0.25, 0.3) is 0 Å². The molecule has 1 aliphatic rings. The van der Waals surface area contributed by atoms with E-state index in [9.17, 15) is 9.59 Å². The highest BCUT2D eigenvalue weighted by Crippen LogP contribution is 2.20. The number of carbonyl (C=O) groups is 2. The Morgan fingerprint density at radius 2 is 2.00 bits per heavy atom. The lowest BCUT2D eigenvalue weighted by Gasteiger charge is -2.43. The average molecular weight is 270 g/mol. The molecule has 3 unspecified atom stereocenters. The number of hydrogen-bond acceptors (Lipinski definition) is 3. The zero-order valence-electron chi connectivity index (χ0n) is 12.6. The van der Waals surface area contributed by atoms with Crippen LogP contribution >= 0.6 is 0 Å². The molecule has 0 aliphatic carbocycles. The van der Waals surface area contributed by atoms with E-state index >= 15 is 0 Å². The van der Waals surface area contributed by atoms with Crippen LogP contribution in [0.4, 0.5) is 0 Å². The van der Waals surface area contributed by atoms with Crippen molar-refractivity contribution >= 4 is 11.8 Å². The molecule has 0 bridgehead atoms. The summed E-state index contributed by atoms with van der Waals surface area (Å²) < 4.78 is 5.21. The highest BCUT2D eigenvalue weighted by atomic mass is 16.5. The molecule has 5 heteroatoms. The van der Waals surface area contributed by atoms with Crippen molar-refractivity contribution < 1.29 is 14.3 Å². The molecule has 110 valence electrons. The molecule has 0 saturated carbocycles. The summed E-state index contributed by atoms with van der Waals surface area (Å²) in [6.45, 7) is 8.22. The van der Waals surface area contributed by atoms with Gasteiger partial charge in [-0.2, -0.15) is 0 Å². The Kier molecular flexibility index (Phi) is 5.79. The maximum atomic E-state index is 12.6. The molecule has 2 amide bonds. The first-order valence-electron chi connectivity index (χ1n) is 7.05. The van der Waals surface area contributed by atoms with Crippen LogP contribution in [0.3, 0.4) is 0 Å². The van der Waals surface area contributed by atoms with Crippen LogP contribution in [0.1, 0.15) is 40.5 Å². The van der Waals surface area contributed by atoms with Crippen molar-refractivity contribution in [2.75, 3.05) is 13.7 Å². The van der Waals surface area contributed by atoms with Gasteiger partial charge in [0, 0.05) is 7.11 Å². The van der Waals surface area contributed by atoms with Gasteiger partial charge in [0.2, 0.25) is 11.8 Å². The third kappa shape index (κ3) is 3.47. The Labute approximate surface area is 115 Å². The molecule has 0 aromatic carbocycles. The monoisotopic (exact) mass is 270 g/mol. The third-order valence-electron chi connectivity index (χ3n) is 3.66. The van der Waals surface area contributed by atoms with Gasteiger partial charge in [-0.15, -0.1) is 0 Å². The standard InChI is InChI=1S/C14H26N2O3/c1-6-7-11(8-19-5)16-10(4)13(17)15-12(9(2)3)14(16)18/h9-12H,6-8H2,1-5H3,(H,15,17). The van der Waals surface area contributed by atoms with E-state index in [2.05, 4.69) is 12.2 Å². The first-order valence-corrected chi connectivity index (χ1v) is 7.05. The summed E-state index contributed by atoms with van der Waals surface area (Å²) in [7, 11) is 1.63. The van der Waals surface area contributed by atoms with Crippen LogP contribution in [-0.2, 0) is 14.3 Å². The quantitative estimate of drug-likeness (QED) is 0.788. The van der Waals surface area contributed by atoms with E-state index in [1.807, 2.05) is 13.8 Å².